The molecule has 0 radical (unpaired) electrons. The van der Waals surface area contributed by atoms with E-state index in [1.54, 1.807) is 28.8 Å². The maximum absolute atomic E-state index is 15.8. The molecule has 1 aromatic heterocycles. The Kier molecular flexibility index (Phi) is 5.00. The molecule has 172 valence electrons. The molecule has 33 heavy (non-hydrogen) atoms. The van der Waals surface area contributed by atoms with Crippen molar-refractivity contribution in [2.24, 2.45) is 0 Å². The fraction of sp³-hybridized carbons (Fsp3) is 0.348. The number of carbonyl (C=O) groups is 1. The second-order valence-electron chi connectivity index (χ2n) is 8.26. The minimum atomic E-state index is -4.56. The van der Waals surface area contributed by atoms with E-state index in [2.05, 4.69) is 10.2 Å². The first-order valence-electron chi connectivity index (χ1n) is 10.5. The zero-order valence-corrected chi connectivity index (χ0v) is 17.6. The summed E-state index contributed by atoms with van der Waals surface area (Å²) in [6, 6.07) is 10.3. The lowest BCUT2D eigenvalue weighted by Gasteiger charge is -2.44. The molecular formula is C23H20F4N4O2. The standard InChI is InChI=1S/C23H20F4N4O2/c1-2-30-13-28-29-20(30)19(24)22(11-33-12-22)14-5-3-6-15(9-14)31-10-17-16(21(31)32)7-4-8-18(17)23(25,26)27/h3-9,13,19H,2,10-12H2,1H3. The smallest absolute Gasteiger partial charge is 0.379 e. The van der Waals surface area contributed by atoms with Crippen LogP contribution in [0.1, 0.15) is 46.0 Å². The van der Waals surface area contributed by atoms with Crippen LogP contribution in [0, 0.1) is 0 Å². The summed E-state index contributed by atoms with van der Waals surface area (Å²) in [5, 5.41) is 7.75. The van der Waals surface area contributed by atoms with Crippen LogP contribution in [0.15, 0.2) is 48.8 Å². The normalized spacial score (nSPS) is 18.2. The van der Waals surface area contributed by atoms with Crippen molar-refractivity contribution >= 4 is 11.6 Å². The van der Waals surface area contributed by atoms with Crippen molar-refractivity contribution in [3.8, 4) is 0 Å². The van der Waals surface area contributed by atoms with Gasteiger partial charge in [-0.15, -0.1) is 10.2 Å². The van der Waals surface area contributed by atoms with E-state index in [1.807, 2.05) is 6.92 Å². The Hall–Kier alpha value is -3.27. The average Bonchev–Trinajstić information content (AvgIpc) is 3.37. The number of amides is 1. The number of aryl methyl sites for hydroxylation is 1. The SMILES string of the molecule is CCn1cnnc1C(F)C1(c2cccc(N3Cc4c(cccc4C(F)(F)F)C3=O)c2)COC1. The van der Waals surface area contributed by atoms with Crippen LogP contribution in [0.2, 0.25) is 0 Å². The van der Waals surface area contributed by atoms with Gasteiger partial charge in [0.2, 0.25) is 0 Å². The van der Waals surface area contributed by atoms with Gasteiger partial charge in [0.05, 0.1) is 30.7 Å². The molecule has 2 aliphatic heterocycles. The fourth-order valence-corrected chi connectivity index (χ4v) is 4.52. The minimum absolute atomic E-state index is 0.0244. The van der Waals surface area contributed by atoms with Gasteiger partial charge in [-0.2, -0.15) is 13.2 Å². The molecule has 1 saturated heterocycles. The van der Waals surface area contributed by atoms with Gasteiger partial charge < -0.3 is 14.2 Å². The summed E-state index contributed by atoms with van der Waals surface area (Å²) in [5.74, 6) is -0.333. The molecule has 3 heterocycles. The number of anilines is 1. The van der Waals surface area contributed by atoms with Crippen LogP contribution < -0.4 is 4.90 Å². The van der Waals surface area contributed by atoms with Crippen LogP contribution in [0.3, 0.4) is 0 Å². The fourth-order valence-electron chi connectivity index (χ4n) is 4.52. The van der Waals surface area contributed by atoms with Crippen molar-refractivity contribution < 1.29 is 27.1 Å². The van der Waals surface area contributed by atoms with Crippen molar-refractivity contribution in [3.05, 3.63) is 76.9 Å². The third-order valence-corrected chi connectivity index (χ3v) is 6.42. The lowest BCUT2D eigenvalue weighted by molar-refractivity contribution is -0.138. The zero-order chi connectivity index (χ0) is 23.4. The molecule has 1 amide bonds. The number of halogens is 4. The maximum atomic E-state index is 15.8. The molecule has 2 aromatic carbocycles. The van der Waals surface area contributed by atoms with Crippen molar-refractivity contribution in [1.29, 1.82) is 0 Å². The van der Waals surface area contributed by atoms with E-state index in [1.165, 1.54) is 23.4 Å². The molecule has 6 nitrogen and oxygen atoms in total. The molecule has 0 saturated carbocycles. The molecule has 1 unspecified atom stereocenters. The average molecular weight is 460 g/mol. The largest absolute Gasteiger partial charge is 0.416 e. The van der Waals surface area contributed by atoms with E-state index in [0.717, 1.165) is 6.07 Å². The molecule has 1 fully saturated rings. The van der Waals surface area contributed by atoms with Gasteiger partial charge in [0, 0.05) is 17.8 Å². The van der Waals surface area contributed by atoms with Crippen LogP contribution in [0.5, 0.6) is 0 Å². The lowest BCUT2D eigenvalue weighted by Crippen LogP contribution is -2.50. The molecule has 0 spiro atoms. The van der Waals surface area contributed by atoms with E-state index in [0.29, 0.717) is 17.8 Å². The first-order valence-corrected chi connectivity index (χ1v) is 10.5. The van der Waals surface area contributed by atoms with Gasteiger partial charge in [0.15, 0.2) is 12.0 Å². The molecule has 3 aromatic rings. The molecule has 10 heteroatoms. The molecule has 0 N–H and O–H groups in total. The third kappa shape index (κ3) is 3.31. The Bertz CT molecular complexity index is 1220. The van der Waals surface area contributed by atoms with Gasteiger partial charge in [0.25, 0.3) is 5.91 Å². The molecular weight excluding hydrogens is 440 g/mol. The number of rotatable bonds is 5. The van der Waals surface area contributed by atoms with Crippen molar-refractivity contribution in [1.82, 2.24) is 14.8 Å². The predicted molar refractivity (Wildman–Crippen MR) is 110 cm³/mol. The lowest BCUT2D eigenvalue weighted by atomic mass is 9.74. The first-order chi connectivity index (χ1) is 15.8. The van der Waals surface area contributed by atoms with Crippen LogP contribution >= 0.6 is 0 Å². The maximum Gasteiger partial charge on any atom is 0.416 e. The number of aromatic nitrogens is 3. The van der Waals surface area contributed by atoms with Gasteiger partial charge in [-0.25, -0.2) is 4.39 Å². The topological polar surface area (TPSA) is 60.2 Å². The molecule has 0 bridgehead atoms. The number of nitrogens with zero attached hydrogens (tertiary/aromatic N) is 4. The number of ether oxygens (including phenoxy) is 1. The first kappa shape index (κ1) is 21.6. The Morgan fingerprint density at radius 3 is 2.61 bits per heavy atom. The summed E-state index contributed by atoms with van der Waals surface area (Å²) in [4.78, 5) is 14.3. The summed E-state index contributed by atoms with van der Waals surface area (Å²) >= 11 is 0. The van der Waals surface area contributed by atoms with Crippen LogP contribution in [-0.2, 0) is 29.4 Å². The quantitative estimate of drug-likeness (QED) is 0.528. The van der Waals surface area contributed by atoms with E-state index in [-0.39, 0.29) is 36.7 Å². The van der Waals surface area contributed by atoms with E-state index >= 15 is 4.39 Å². The molecule has 5 rings (SSSR count). The summed E-state index contributed by atoms with van der Waals surface area (Å²) in [5.41, 5.74) is -0.888. The highest BCUT2D eigenvalue weighted by Crippen LogP contribution is 2.46. The second-order valence-corrected chi connectivity index (χ2v) is 8.26. The molecule has 2 aliphatic rings. The molecule has 0 aliphatic carbocycles. The third-order valence-electron chi connectivity index (χ3n) is 6.42. The number of fused-ring (bicyclic) bond motifs is 1. The van der Waals surface area contributed by atoms with Gasteiger partial charge in [-0.1, -0.05) is 18.2 Å². The monoisotopic (exact) mass is 460 g/mol. The van der Waals surface area contributed by atoms with Gasteiger partial charge >= 0.3 is 6.18 Å². The Labute approximate surface area is 186 Å². The summed E-state index contributed by atoms with van der Waals surface area (Å²) < 4.78 is 63.2. The van der Waals surface area contributed by atoms with Crippen LogP contribution in [-0.4, -0.2) is 33.9 Å². The Balaban J connectivity index is 1.51. The van der Waals surface area contributed by atoms with Crippen molar-refractivity contribution in [2.75, 3.05) is 18.1 Å². The highest BCUT2D eigenvalue weighted by Gasteiger charge is 2.51. The molecule has 1 atom stereocenters. The highest BCUT2D eigenvalue weighted by atomic mass is 19.4. The van der Waals surface area contributed by atoms with E-state index in [4.69, 9.17) is 4.74 Å². The number of hydrogen-bond acceptors (Lipinski definition) is 4. The van der Waals surface area contributed by atoms with Crippen LogP contribution in [0.25, 0.3) is 0 Å². The van der Waals surface area contributed by atoms with Gasteiger partial charge in [0.1, 0.15) is 6.33 Å². The van der Waals surface area contributed by atoms with E-state index in [9.17, 15) is 18.0 Å². The number of benzene rings is 2. The number of carbonyl (C=O) groups excluding carboxylic acids is 1. The van der Waals surface area contributed by atoms with Crippen LogP contribution in [0.4, 0.5) is 23.2 Å². The van der Waals surface area contributed by atoms with Gasteiger partial charge in [-0.05, 0) is 42.3 Å². The summed E-state index contributed by atoms with van der Waals surface area (Å²) in [6.07, 6.45) is -4.61. The number of hydrogen-bond donors (Lipinski definition) is 0. The summed E-state index contributed by atoms with van der Waals surface area (Å²) in [6.45, 7) is 2.37. The van der Waals surface area contributed by atoms with Gasteiger partial charge in [-0.3, -0.25) is 4.79 Å². The Morgan fingerprint density at radius 2 is 1.94 bits per heavy atom. The summed E-state index contributed by atoms with van der Waals surface area (Å²) in [7, 11) is 0. The minimum Gasteiger partial charge on any atom is -0.379 e. The predicted octanol–water partition coefficient (Wildman–Crippen LogP) is 4.46. The second kappa shape index (κ2) is 7.65. The van der Waals surface area contributed by atoms with Crippen molar-refractivity contribution in [3.63, 3.8) is 0 Å². The van der Waals surface area contributed by atoms with Crippen molar-refractivity contribution in [2.45, 2.75) is 37.8 Å². The zero-order valence-electron chi connectivity index (χ0n) is 17.6. The van der Waals surface area contributed by atoms with E-state index < -0.39 is 29.2 Å². The highest BCUT2D eigenvalue weighted by molar-refractivity contribution is 6.10. The Morgan fingerprint density at radius 1 is 1.18 bits per heavy atom. The number of alkyl halides is 4.